The van der Waals surface area contributed by atoms with Crippen LogP contribution in [-0.4, -0.2) is 22.1 Å². The zero-order chi connectivity index (χ0) is 16.1. The number of hydrogen-bond donors (Lipinski definition) is 1. The van der Waals surface area contributed by atoms with Crippen molar-refractivity contribution >= 4 is 5.91 Å². The van der Waals surface area contributed by atoms with Crippen LogP contribution in [0.2, 0.25) is 0 Å². The van der Waals surface area contributed by atoms with E-state index in [1.807, 2.05) is 6.92 Å². The van der Waals surface area contributed by atoms with E-state index in [0.717, 1.165) is 24.2 Å². The van der Waals surface area contributed by atoms with Crippen molar-refractivity contribution in [2.24, 2.45) is 0 Å². The van der Waals surface area contributed by atoms with Gasteiger partial charge >= 0.3 is 0 Å². The molecule has 0 bridgehead atoms. The zero-order valence-electron chi connectivity index (χ0n) is 13.5. The third-order valence-electron chi connectivity index (χ3n) is 4.34. The Morgan fingerprint density at radius 3 is 2.74 bits per heavy atom. The third-order valence-corrected chi connectivity index (χ3v) is 4.34. The van der Waals surface area contributed by atoms with Gasteiger partial charge in [-0.05, 0) is 25.8 Å². The van der Waals surface area contributed by atoms with Gasteiger partial charge in [-0.2, -0.15) is 0 Å². The number of furan rings is 1. The zero-order valence-corrected chi connectivity index (χ0v) is 13.5. The van der Waals surface area contributed by atoms with Crippen molar-refractivity contribution in [1.29, 1.82) is 0 Å². The molecule has 6 heteroatoms. The fourth-order valence-electron chi connectivity index (χ4n) is 3.01. The van der Waals surface area contributed by atoms with Gasteiger partial charge in [0.05, 0.1) is 11.8 Å². The lowest BCUT2D eigenvalue weighted by Crippen LogP contribution is -2.34. The van der Waals surface area contributed by atoms with Crippen molar-refractivity contribution in [3.8, 4) is 11.5 Å². The second-order valence-electron chi connectivity index (χ2n) is 6.15. The molecule has 1 amide bonds. The molecule has 0 unspecified atom stereocenters. The molecule has 0 atom stereocenters. The standard InChI is InChI=1S/C17H23N3O3/c1-12-14(10-11-22-12)17-20-19-16(23-17)9-8-15(21)18-13-6-4-2-3-5-7-13/h10-11,13H,2-9H2,1H3,(H,18,21). The maximum atomic E-state index is 12.1. The van der Waals surface area contributed by atoms with Crippen LogP contribution in [0.5, 0.6) is 0 Å². The van der Waals surface area contributed by atoms with Crippen molar-refractivity contribution in [3.05, 3.63) is 24.0 Å². The molecule has 1 N–H and O–H groups in total. The second kappa shape index (κ2) is 7.44. The number of aromatic nitrogens is 2. The van der Waals surface area contributed by atoms with Crippen LogP contribution in [0.25, 0.3) is 11.5 Å². The second-order valence-corrected chi connectivity index (χ2v) is 6.15. The topological polar surface area (TPSA) is 81.2 Å². The van der Waals surface area contributed by atoms with Crippen molar-refractivity contribution in [2.45, 2.75) is 64.3 Å². The van der Waals surface area contributed by atoms with Gasteiger partial charge in [0.1, 0.15) is 5.76 Å². The highest BCUT2D eigenvalue weighted by atomic mass is 16.4. The summed E-state index contributed by atoms with van der Waals surface area (Å²) in [5, 5.41) is 11.2. The molecule has 0 saturated heterocycles. The van der Waals surface area contributed by atoms with Crippen molar-refractivity contribution in [3.63, 3.8) is 0 Å². The lowest BCUT2D eigenvalue weighted by Gasteiger charge is -2.15. The van der Waals surface area contributed by atoms with Crippen LogP contribution < -0.4 is 5.32 Å². The molecule has 0 radical (unpaired) electrons. The van der Waals surface area contributed by atoms with Gasteiger partial charge in [-0.25, -0.2) is 0 Å². The minimum atomic E-state index is 0.0659. The highest BCUT2D eigenvalue weighted by Gasteiger charge is 2.16. The third kappa shape index (κ3) is 4.21. The normalized spacial score (nSPS) is 16.2. The number of aryl methyl sites for hydroxylation is 2. The number of nitrogens with zero attached hydrogens (tertiary/aromatic N) is 2. The molecule has 23 heavy (non-hydrogen) atoms. The lowest BCUT2D eigenvalue weighted by molar-refractivity contribution is -0.121. The molecule has 6 nitrogen and oxygen atoms in total. The van der Waals surface area contributed by atoms with E-state index in [0.29, 0.717) is 30.7 Å². The Labute approximate surface area is 135 Å². The Morgan fingerprint density at radius 2 is 2.04 bits per heavy atom. The van der Waals surface area contributed by atoms with Crippen LogP contribution in [0.15, 0.2) is 21.2 Å². The van der Waals surface area contributed by atoms with Gasteiger partial charge in [-0.1, -0.05) is 25.7 Å². The predicted octanol–water partition coefficient (Wildman–Crippen LogP) is 3.41. The summed E-state index contributed by atoms with van der Waals surface area (Å²) in [6, 6.07) is 2.13. The van der Waals surface area contributed by atoms with Crippen molar-refractivity contribution in [1.82, 2.24) is 15.5 Å². The molecule has 0 aliphatic heterocycles. The van der Waals surface area contributed by atoms with Crippen LogP contribution in [0.4, 0.5) is 0 Å². The summed E-state index contributed by atoms with van der Waals surface area (Å²) in [4.78, 5) is 12.1. The van der Waals surface area contributed by atoms with E-state index in [4.69, 9.17) is 8.83 Å². The molecule has 124 valence electrons. The maximum absolute atomic E-state index is 12.1. The molecule has 1 fully saturated rings. The minimum Gasteiger partial charge on any atom is -0.469 e. The van der Waals surface area contributed by atoms with E-state index in [2.05, 4.69) is 15.5 Å². The Balaban J connectivity index is 1.49. The van der Waals surface area contributed by atoms with Crippen LogP contribution in [0.1, 0.15) is 56.6 Å². The summed E-state index contributed by atoms with van der Waals surface area (Å²) >= 11 is 0. The van der Waals surface area contributed by atoms with Gasteiger partial charge < -0.3 is 14.2 Å². The first-order valence-electron chi connectivity index (χ1n) is 8.38. The van der Waals surface area contributed by atoms with E-state index < -0.39 is 0 Å². The van der Waals surface area contributed by atoms with E-state index in [9.17, 15) is 4.79 Å². The van der Waals surface area contributed by atoms with Crippen LogP contribution in [0.3, 0.4) is 0 Å². The molecule has 0 spiro atoms. The molecule has 1 aliphatic rings. The first kappa shape index (κ1) is 15.8. The summed E-state index contributed by atoms with van der Waals surface area (Å²) < 4.78 is 10.8. The average Bonchev–Trinajstić information content (AvgIpc) is 3.09. The lowest BCUT2D eigenvalue weighted by atomic mass is 10.1. The highest BCUT2D eigenvalue weighted by Crippen LogP contribution is 2.23. The summed E-state index contributed by atoms with van der Waals surface area (Å²) in [6.45, 7) is 1.85. The quantitative estimate of drug-likeness (QED) is 0.855. The Kier molecular flexibility index (Phi) is 5.10. The highest BCUT2D eigenvalue weighted by molar-refractivity contribution is 5.76. The number of hydrogen-bond acceptors (Lipinski definition) is 5. The average molecular weight is 317 g/mol. The van der Waals surface area contributed by atoms with Crippen molar-refractivity contribution < 1.29 is 13.6 Å². The molecule has 3 rings (SSSR count). The van der Waals surface area contributed by atoms with E-state index in [1.54, 1.807) is 12.3 Å². The van der Waals surface area contributed by atoms with E-state index >= 15 is 0 Å². The van der Waals surface area contributed by atoms with Crippen LogP contribution in [0, 0.1) is 6.92 Å². The molecular formula is C17H23N3O3. The van der Waals surface area contributed by atoms with Gasteiger partial charge in [0.2, 0.25) is 11.8 Å². The summed E-state index contributed by atoms with van der Waals surface area (Å²) in [5.41, 5.74) is 0.798. The molecule has 2 aromatic rings. The monoisotopic (exact) mass is 317 g/mol. The van der Waals surface area contributed by atoms with E-state index in [-0.39, 0.29) is 5.91 Å². The molecule has 1 aliphatic carbocycles. The van der Waals surface area contributed by atoms with E-state index in [1.165, 1.54) is 25.7 Å². The van der Waals surface area contributed by atoms with Gasteiger partial charge in [-0.15, -0.1) is 10.2 Å². The first-order valence-corrected chi connectivity index (χ1v) is 8.38. The summed E-state index contributed by atoms with van der Waals surface area (Å²) in [5.74, 6) is 1.73. The Hall–Kier alpha value is -2.11. The van der Waals surface area contributed by atoms with Gasteiger partial charge in [-0.3, -0.25) is 4.79 Å². The van der Waals surface area contributed by atoms with Crippen molar-refractivity contribution in [2.75, 3.05) is 0 Å². The molecular weight excluding hydrogens is 294 g/mol. The molecule has 2 aromatic heterocycles. The number of rotatable bonds is 5. The number of carbonyl (C=O) groups excluding carboxylic acids is 1. The van der Waals surface area contributed by atoms with Crippen LogP contribution >= 0.6 is 0 Å². The molecule has 0 aromatic carbocycles. The summed E-state index contributed by atoms with van der Waals surface area (Å²) in [6.07, 6.45) is 9.60. The smallest absolute Gasteiger partial charge is 0.251 e. The molecule has 1 saturated carbocycles. The fraction of sp³-hybridized carbons (Fsp3) is 0.588. The number of carbonyl (C=O) groups is 1. The SMILES string of the molecule is Cc1occc1-c1nnc(CCC(=O)NC2CCCCCC2)o1. The molecule has 2 heterocycles. The van der Waals surface area contributed by atoms with Crippen LogP contribution in [-0.2, 0) is 11.2 Å². The van der Waals surface area contributed by atoms with Gasteiger partial charge in [0.15, 0.2) is 0 Å². The largest absolute Gasteiger partial charge is 0.469 e. The fourth-order valence-corrected chi connectivity index (χ4v) is 3.01. The van der Waals surface area contributed by atoms with Gasteiger partial charge in [0, 0.05) is 18.9 Å². The Bertz CT molecular complexity index is 639. The number of amides is 1. The maximum Gasteiger partial charge on any atom is 0.251 e. The summed E-state index contributed by atoms with van der Waals surface area (Å²) in [7, 11) is 0. The van der Waals surface area contributed by atoms with Gasteiger partial charge in [0.25, 0.3) is 5.89 Å². The first-order chi connectivity index (χ1) is 11.2. The predicted molar refractivity (Wildman–Crippen MR) is 84.7 cm³/mol. The Morgan fingerprint density at radius 1 is 1.26 bits per heavy atom. The minimum absolute atomic E-state index is 0.0659. The number of nitrogens with one attached hydrogen (secondary N) is 1.